The maximum Gasteiger partial charge on any atom is 0.332 e. The fraction of sp³-hybridized carbons (Fsp3) is 0.923. The number of esters is 1. The predicted molar refractivity (Wildman–Crippen MR) is 64.7 cm³/mol. The molecule has 98 valence electrons. The van der Waals surface area contributed by atoms with E-state index in [2.05, 4.69) is 12.2 Å². The molecule has 0 bridgehead atoms. The number of carbonyl (C=O) groups is 1. The fourth-order valence-corrected chi connectivity index (χ4v) is 2.38. The van der Waals surface area contributed by atoms with Crippen LogP contribution in [-0.2, 0) is 14.3 Å². The van der Waals surface area contributed by atoms with Crippen LogP contribution in [0.5, 0.6) is 0 Å². The Morgan fingerprint density at radius 3 is 2.47 bits per heavy atom. The summed E-state index contributed by atoms with van der Waals surface area (Å²) < 4.78 is 11.0. The Labute approximate surface area is 103 Å². The lowest BCUT2D eigenvalue weighted by atomic mass is 9.89. The first-order valence-corrected chi connectivity index (χ1v) is 6.61. The van der Waals surface area contributed by atoms with Gasteiger partial charge in [-0.15, -0.1) is 0 Å². The van der Waals surface area contributed by atoms with Crippen LogP contribution in [0.1, 0.15) is 39.5 Å². The van der Waals surface area contributed by atoms with Crippen molar-refractivity contribution in [3.63, 3.8) is 0 Å². The van der Waals surface area contributed by atoms with Gasteiger partial charge in [0.1, 0.15) is 12.7 Å². The summed E-state index contributed by atoms with van der Waals surface area (Å²) in [4.78, 5) is 11.6. The highest BCUT2D eigenvalue weighted by atomic mass is 16.6. The van der Waals surface area contributed by atoms with Gasteiger partial charge in [0.2, 0.25) is 0 Å². The van der Waals surface area contributed by atoms with E-state index in [1.807, 2.05) is 6.92 Å². The van der Waals surface area contributed by atoms with Gasteiger partial charge in [-0.05, 0) is 38.5 Å². The Morgan fingerprint density at radius 1 is 1.29 bits per heavy atom. The first-order chi connectivity index (χ1) is 8.07. The fourth-order valence-electron chi connectivity index (χ4n) is 2.38. The van der Waals surface area contributed by atoms with Crippen molar-refractivity contribution >= 4 is 5.97 Å². The Bertz CT molecular complexity index is 268. The molecule has 1 saturated carbocycles. The molecule has 2 fully saturated rings. The van der Waals surface area contributed by atoms with Crippen LogP contribution in [0.25, 0.3) is 0 Å². The van der Waals surface area contributed by atoms with Crippen molar-refractivity contribution in [3.8, 4) is 0 Å². The lowest BCUT2D eigenvalue weighted by Gasteiger charge is -2.38. The van der Waals surface area contributed by atoms with Crippen LogP contribution in [0.4, 0.5) is 0 Å². The van der Waals surface area contributed by atoms with E-state index in [4.69, 9.17) is 9.47 Å². The molecule has 0 aromatic heterocycles. The molecule has 1 aliphatic carbocycles. The smallest absolute Gasteiger partial charge is 0.332 e. The number of ether oxygens (including phenoxy) is 2. The lowest BCUT2D eigenvalue weighted by molar-refractivity contribution is -0.165. The number of rotatable bonds is 4. The summed E-state index contributed by atoms with van der Waals surface area (Å²) in [5, 5.41) is 3.13. The maximum absolute atomic E-state index is 11.6. The van der Waals surface area contributed by atoms with E-state index in [0.29, 0.717) is 0 Å². The Kier molecular flexibility index (Phi) is 4.05. The summed E-state index contributed by atoms with van der Waals surface area (Å²) in [7, 11) is 0. The van der Waals surface area contributed by atoms with Gasteiger partial charge in [-0.1, -0.05) is 6.92 Å². The number of nitrogens with one attached hydrogen (secondary N) is 1. The summed E-state index contributed by atoms with van der Waals surface area (Å²) >= 11 is 0. The summed E-state index contributed by atoms with van der Waals surface area (Å²) in [5.74, 6) is 0.568. The monoisotopic (exact) mass is 241 g/mol. The van der Waals surface area contributed by atoms with Crippen LogP contribution >= 0.6 is 0 Å². The van der Waals surface area contributed by atoms with Crippen molar-refractivity contribution in [1.82, 2.24) is 5.32 Å². The SMILES string of the molecule is CC1CCC(OC(=O)COC2(C)CNC2)CC1. The molecule has 2 rings (SSSR count). The van der Waals surface area contributed by atoms with Gasteiger partial charge >= 0.3 is 5.97 Å². The molecule has 2 aliphatic rings. The van der Waals surface area contributed by atoms with Crippen molar-refractivity contribution in [2.45, 2.75) is 51.2 Å². The van der Waals surface area contributed by atoms with E-state index in [9.17, 15) is 4.79 Å². The number of carbonyl (C=O) groups excluding carboxylic acids is 1. The molecule has 1 saturated heterocycles. The Morgan fingerprint density at radius 2 is 1.94 bits per heavy atom. The topological polar surface area (TPSA) is 47.6 Å². The second-order valence-electron chi connectivity index (χ2n) is 5.71. The average molecular weight is 241 g/mol. The largest absolute Gasteiger partial charge is 0.461 e. The Hall–Kier alpha value is -0.610. The van der Waals surface area contributed by atoms with Crippen LogP contribution < -0.4 is 5.32 Å². The second-order valence-corrected chi connectivity index (χ2v) is 5.71. The van der Waals surface area contributed by atoms with E-state index in [0.717, 1.165) is 31.8 Å². The van der Waals surface area contributed by atoms with Gasteiger partial charge in [-0.2, -0.15) is 0 Å². The van der Waals surface area contributed by atoms with Crippen LogP contribution in [0.2, 0.25) is 0 Å². The van der Waals surface area contributed by atoms with E-state index in [1.54, 1.807) is 0 Å². The van der Waals surface area contributed by atoms with Crippen LogP contribution in [-0.4, -0.2) is 37.4 Å². The third-order valence-electron chi connectivity index (χ3n) is 3.80. The van der Waals surface area contributed by atoms with Crippen LogP contribution in [0.15, 0.2) is 0 Å². The van der Waals surface area contributed by atoms with E-state index < -0.39 is 0 Å². The number of hydrogen-bond acceptors (Lipinski definition) is 4. The lowest BCUT2D eigenvalue weighted by Crippen LogP contribution is -2.59. The molecule has 4 nitrogen and oxygen atoms in total. The van der Waals surface area contributed by atoms with Gasteiger partial charge in [-0.25, -0.2) is 4.79 Å². The van der Waals surface area contributed by atoms with Crippen molar-refractivity contribution in [3.05, 3.63) is 0 Å². The molecule has 0 aromatic rings. The molecule has 1 N–H and O–H groups in total. The van der Waals surface area contributed by atoms with E-state index in [1.165, 1.54) is 12.8 Å². The molecule has 1 heterocycles. The molecule has 0 amide bonds. The minimum Gasteiger partial charge on any atom is -0.461 e. The van der Waals surface area contributed by atoms with Crippen molar-refractivity contribution in [1.29, 1.82) is 0 Å². The minimum absolute atomic E-state index is 0.0875. The predicted octanol–water partition coefficient (Wildman–Crippen LogP) is 1.49. The third-order valence-corrected chi connectivity index (χ3v) is 3.80. The van der Waals surface area contributed by atoms with E-state index in [-0.39, 0.29) is 24.3 Å². The second kappa shape index (κ2) is 5.36. The molecule has 0 unspecified atom stereocenters. The maximum atomic E-state index is 11.6. The quantitative estimate of drug-likeness (QED) is 0.757. The summed E-state index contributed by atoms with van der Waals surface area (Å²) in [6.45, 7) is 6.00. The molecule has 0 radical (unpaired) electrons. The van der Waals surface area contributed by atoms with Gasteiger partial charge in [-0.3, -0.25) is 0 Å². The first-order valence-electron chi connectivity index (χ1n) is 6.61. The van der Waals surface area contributed by atoms with Gasteiger partial charge in [0, 0.05) is 13.1 Å². The molecule has 0 aromatic carbocycles. The zero-order chi connectivity index (χ0) is 12.3. The molecule has 1 aliphatic heterocycles. The standard InChI is InChI=1S/C13H23NO3/c1-10-3-5-11(6-4-10)17-12(15)7-16-13(2)8-14-9-13/h10-11,14H,3-9H2,1-2H3. The number of hydrogen-bond donors (Lipinski definition) is 1. The highest BCUT2D eigenvalue weighted by Gasteiger charge is 2.33. The Balaban J connectivity index is 1.63. The molecule has 0 spiro atoms. The van der Waals surface area contributed by atoms with Crippen molar-refractivity contribution in [2.24, 2.45) is 5.92 Å². The van der Waals surface area contributed by atoms with Gasteiger partial charge in [0.25, 0.3) is 0 Å². The van der Waals surface area contributed by atoms with E-state index >= 15 is 0 Å². The summed E-state index contributed by atoms with van der Waals surface area (Å²) in [5.41, 5.74) is -0.167. The first kappa shape index (κ1) is 12.8. The van der Waals surface area contributed by atoms with Gasteiger partial charge in [0.15, 0.2) is 0 Å². The third kappa shape index (κ3) is 3.68. The van der Waals surface area contributed by atoms with Crippen LogP contribution in [0, 0.1) is 5.92 Å². The summed E-state index contributed by atoms with van der Waals surface area (Å²) in [6, 6.07) is 0. The summed E-state index contributed by atoms with van der Waals surface area (Å²) in [6.07, 6.45) is 4.47. The highest BCUT2D eigenvalue weighted by molar-refractivity contribution is 5.71. The highest BCUT2D eigenvalue weighted by Crippen LogP contribution is 2.25. The van der Waals surface area contributed by atoms with Gasteiger partial charge in [0.05, 0.1) is 5.60 Å². The molecular weight excluding hydrogens is 218 g/mol. The van der Waals surface area contributed by atoms with Crippen molar-refractivity contribution < 1.29 is 14.3 Å². The average Bonchev–Trinajstić information content (AvgIpc) is 2.27. The molecular formula is C13H23NO3. The zero-order valence-corrected chi connectivity index (χ0v) is 10.8. The van der Waals surface area contributed by atoms with Crippen LogP contribution in [0.3, 0.4) is 0 Å². The molecule has 0 atom stereocenters. The normalized spacial score (nSPS) is 31.6. The van der Waals surface area contributed by atoms with Gasteiger partial charge < -0.3 is 14.8 Å². The molecule has 17 heavy (non-hydrogen) atoms. The zero-order valence-electron chi connectivity index (χ0n) is 10.8. The minimum atomic E-state index is -0.210. The molecule has 4 heteroatoms. The van der Waals surface area contributed by atoms with Crippen molar-refractivity contribution in [2.75, 3.05) is 19.7 Å².